The summed E-state index contributed by atoms with van der Waals surface area (Å²) in [5.41, 5.74) is 2.40. The van der Waals surface area contributed by atoms with Crippen LogP contribution in [0.3, 0.4) is 0 Å². The number of H-pyrrole nitrogens is 1. The van der Waals surface area contributed by atoms with Crippen LogP contribution in [0.2, 0.25) is 0 Å². The summed E-state index contributed by atoms with van der Waals surface area (Å²) in [6.45, 7) is 8.03. The number of hydrogen-bond acceptors (Lipinski definition) is 3. The lowest BCUT2D eigenvalue weighted by molar-refractivity contribution is 0.470. The summed E-state index contributed by atoms with van der Waals surface area (Å²) >= 11 is 1.69. The zero-order valence-electron chi connectivity index (χ0n) is 14.0. The summed E-state index contributed by atoms with van der Waals surface area (Å²) in [5, 5.41) is 6.60. The lowest BCUT2D eigenvalue weighted by Gasteiger charge is -2.21. The summed E-state index contributed by atoms with van der Waals surface area (Å²) in [7, 11) is 3.83. The van der Waals surface area contributed by atoms with Gasteiger partial charge in [0.1, 0.15) is 5.01 Å². The average Bonchev–Trinajstić information content (AvgIpc) is 3.09. The maximum Gasteiger partial charge on any atom is 0.194 e. The van der Waals surface area contributed by atoms with Crippen LogP contribution in [0.25, 0.3) is 0 Å². The summed E-state index contributed by atoms with van der Waals surface area (Å²) in [4.78, 5) is 14.3. The number of thiazole rings is 1. The molecule has 0 spiro atoms. The van der Waals surface area contributed by atoms with Gasteiger partial charge in [0.25, 0.3) is 0 Å². The van der Waals surface area contributed by atoms with Gasteiger partial charge in [-0.15, -0.1) is 11.3 Å². The van der Waals surface area contributed by atoms with Crippen LogP contribution in [-0.4, -0.2) is 34.9 Å². The molecule has 2 N–H and O–H groups in total. The molecular formula is C16H25N5S. The molecule has 0 unspecified atom stereocenters. The zero-order chi connectivity index (χ0) is 16.2. The van der Waals surface area contributed by atoms with E-state index in [1.807, 2.05) is 19.3 Å². The standard InChI is InChI=1S/C16H25N5S/c1-16(2,3)13-11-22-14(20-13)9-19-15(17-4)21(5)10-12-7-6-8-18-12/h6-8,11,18H,9-10H2,1-5H3,(H,17,19). The van der Waals surface area contributed by atoms with Crippen LogP contribution in [0, 0.1) is 0 Å². The van der Waals surface area contributed by atoms with Gasteiger partial charge in [-0.2, -0.15) is 0 Å². The summed E-state index contributed by atoms with van der Waals surface area (Å²) in [5.74, 6) is 0.863. The molecule has 0 bridgehead atoms. The minimum Gasteiger partial charge on any atom is -0.364 e. The van der Waals surface area contributed by atoms with E-state index in [1.54, 1.807) is 18.4 Å². The molecule has 2 heterocycles. The van der Waals surface area contributed by atoms with Gasteiger partial charge in [-0.25, -0.2) is 4.98 Å². The molecule has 2 aromatic rings. The van der Waals surface area contributed by atoms with Crippen molar-refractivity contribution in [1.82, 2.24) is 20.2 Å². The van der Waals surface area contributed by atoms with Crippen LogP contribution in [0.5, 0.6) is 0 Å². The van der Waals surface area contributed by atoms with Gasteiger partial charge in [0.2, 0.25) is 0 Å². The summed E-state index contributed by atoms with van der Waals surface area (Å²) in [6, 6.07) is 4.07. The van der Waals surface area contributed by atoms with Crippen molar-refractivity contribution < 1.29 is 0 Å². The van der Waals surface area contributed by atoms with Crippen molar-refractivity contribution >= 4 is 17.3 Å². The Morgan fingerprint density at radius 3 is 2.77 bits per heavy atom. The molecule has 5 nitrogen and oxygen atoms in total. The normalized spacial score (nSPS) is 12.5. The number of aromatic amines is 1. The molecule has 0 radical (unpaired) electrons. The Morgan fingerprint density at radius 1 is 1.45 bits per heavy atom. The van der Waals surface area contributed by atoms with Crippen LogP contribution >= 0.6 is 11.3 Å². The smallest absolute Gasteiger partial charge is 0.194 e. The first kappa shape index (κ1) is 16.5. The third-order valence-electron chi connectivity index (χ3n) is 3.36. The first-order valence-electron chi connectivity index (χ1n) is 7.39. The Balaban J connectivity index is 1.92. The van der Waals surface area contributed by atoms with Crippen molar-refractivity contribution in [3.05, 3.63) is 40.1 Å². The van der Waals surface area contributed by atoms with E-state index in [0.717, 1.165) is 28.9 Å². The number of aromatic nitrogens is 2. The van der Waals surface area contributed by atoms with Gasteiger partial charge in [0, 0.05) is 36.8 Å². The fourth-order valence-corrected chi connectivity index (χ4v) is 3.03. The van der Waals surface area contributed by atoms with E-state index in [2.05, 4.69) is 52.4 Å². The molecule has 6 heteroatoms. The van der Waals surface area contributed by atoms with E-state index in [0.29, 0.717) is 6.54 Å². The number of aliphatic imine (C=N–C) groups is 1. The molecular weight excluding hydrogens is 294 g/mol. The summed E-state index contributed by atoms with van der Waals surface area (Å²) in [6.07, 6.45) is 1.93. The van der Waals surface area contributed by atoms with Crippen LogP contribution in [0.15, 0.2) is 28.7 Å². The number of hydrogen-bond donors (Lipinski definition) is 2. The van der Waals surface area contributed by atoms with Crippen LogP contribution in [0.1, 0.15) is 37.2 Å². The number of nitrogens with one attached hydrogen (secondary N) is 2. The third kappa shape index (κ3) is 4.34. The predicted molar refractivity (Wildman–Crippen MR) is 93.3 cm³/mol. The molecule has 0 aromatic carbocycles. The Kier molecular flexibility index (Phi) is 5.24. The van der Waals surface area contributed by atoms with Gasteiger partial charge in [0.05, 0.1) is 18.8 Å². The highest BCUT2D eigenvalue weighted by atomic mass is 32.1. The topological polar surface area (TPSA) is 56.3 Å². The van der Waals surface area contributed by atoms with Crippen molar-refractivity contribution in [1.29, 1.82) is 0 Å². The van der Waals surface area contributed by atoms with Crippen molar-refractivity contribution in [3.63, 3.8) is 0 Å². The van der Waals surface area contributed by atoms with E-state index in [4.69, 9.17) is 4.98 Å². The first-order chi connectivity index (χ1) is 10.4. The fourth-order valence-electron chi connectivity index (χ4n) is 2.07. The average molecular weight is 319 g/mol. The zero-order valence-corrected chi connectivity index (χ0v) is 14.8. The highest BCUT2D eigenvalue weighted by molar-refractivity contribution is 7.09. The molecule has 0 saturated heterocycles. The number of rotatable bonds is 4. The van der Waals surface area contributed by atoms with Gasteiger partial charge < -0.3 is 15.2 Å². The minimum absolute atomic E-state index is 0.0981. The Labute approximate surface area is 136 Å². The van der Waals surface area contributed by atoms with Gasteiger partial charge in [0.15, 0.2) is 5.96 Å². The van der Waals surface area contributed by atoms with E-state index < -0.39 is 0 Å². The number of nitrogens with zero attached hydrogens (tertiary/aromatic N) is 3. The maximum atomic E-state index is 4.70. The van der Waals surface area contributed by atoms with E-state index in [9.17, 15) is 0 Å². The Bertz CT molecular complexity index is 607. The van der Waals surface area contributed by atoms with Crippen LogP contribution in [0.4, 0.5) is 0 Å². The van der Waals surface area contributed by atoms with Crippen molar-refractivity contribution in [2.24, 2.45) is 4.99 Å². The molecule has 2 rings (SSSR count). The lowest BCUT2D eigenvalue weighted by atomic mass is 9.93. The minimum atomic E-state index is 0.0981. The molecule has 2 aromatic heterocycles. The molecule has 0 aliphatic rings. The predicted octanol–water partition coefficient (Wildman–Crippen LogP) is 2.98. The highest BCUT2D eigenvalue weighted by Crippen LogP contribution is 2.23. The van der Waals surface area contributed by atoms with Crippen molar-refractivity contribution in [3.8, 4) is 0 Å². The second-order valence-corrected chi connectivity index (χ2v) is 7.27. The van der Waals surface area contributed by atoms with Gasteiger partial charge in [-0.3, -0.25) is 4.99 Å². The van der Waals surface area contributed by atoms with E-state index in [1.165, 1.54) is 0 Å². The number of guanidine groups is 1. The molecule has 120 valence electrons. The molecule has 0 aliphatic carbocycles. The third-order valence-corrected chi connectivity index (χ3v) is 4.21. The molecule has 0 saturated carbocycles. The van der Waals surface area contributed by atoms with Crippen molar-refractivity contribution in [2.45, 2.75) is 39.3 Å². The van der Waals surface area contributed by atoms with Crippen molar-refractivity contribution in [2.75, 3.05) is 14.1 Å². The van der Waals surface area contributed by atoms with E-state index in [-0.39, 0.29) is 5.41 Å². The monoisotopic (exact) mass is 319 g/mol. The van der Waals surface area contributed by atoms with E-state index >= 15 is 0 Å². The van der Waals surface area contributed by atoms with Crippen LogP contribution in [-0.2, 0) is 18.5 Å². The van der Waals surface area contributed by atoms with Gasteiger partial charge in [-0.1, -0.05) is 20.8 Å². The molecule has 0 atom stereocenters. The Morgan fingerprint density at radius 2 is 2.23 bits per heavy atom. The second-order valence-electron chi connectivity index (χ2n) is 6.33. The van der Waals surface area contributed by atoms with Crippen LogP contribution < -0.4 is 5.32 Å². The molecule has 0 amide bonds. The lowest BCUT2D eigenvalue weighted by Crippen LogP contribution is -2.38. The summed E-state index contributed by atoms with van der Waals surface area (Å²) < 4.78 is 0. The van der Waals surface area contributed by atoms with Gasteiger partial charge in [-0.05, 0) is 12.1 Å². The fraction of sp³-hybridized carbons (Fsp3) is 0.500. The largest absolute Gasteiger partial charge is 0.364 e. The second kappa shape index (κ2) is 6.96. The molecule has 0 aliphatic heterocycles. The molecule has 0 fully saturated rings. The molecule has 22 heavy (non-hydrogen) atoms. The first-order valence-corrected chi connectivity index (χ1v) is 8.27. The quantitative estimate of drug-likeness (QED) is 0.673. The highest BCUT2D eigenvalue weighted by Gasteiger charge is 2.17. The maximum absolute atomic E-state index is 4.70. The Hall–Kier alpha value is -1.82. The van der Waals surface area contributed by atoms with Gasteiger partial charge >= 0.3 is 0 Å². The SMILES string of the molecule is CN=C(NCc1nc(C(C)(C)C)cs1)N(C)Cc1ccc[nH]1.